The van der Waals surface area contributed by atoms with Crippen LogP contribution in [-0.4, -0.2) is 67.7 Å². The maximum absolute atomic E-state index is 13.1. The lowest BCUT2D eigenvalue weighted by molar-refractivity contribution is 0.0664. The summed E-state index contributed by atoms with van der Waals surface area (Å²) in [4.78, 5) is 25.8. The highest BCUT2D eigenvalue weighted by atomic mass is 16.2. The van der Waals surface area contributed by atoms with Crippen molar-refractivity contribution in [3.05, 3.63) is 36.5 Å². The van der Waals surface area contributed by atoms with Gasteiger partial charge < -0.3 is 9.80 Å². The van der Waals surface area contributed by atoms with Crippen LogP contribution < -0.4 is 0 Å². The Hall–Kier alpha value is -2.28. The fourth-order valence-corrected chi connectivity index (χ4v) is 4.04. The lowest BCUT2D eigenvalue weighted by Gasteiger charge is -2.33. The van der Waals surface area contributed by atoms with Crippen molar-refractivity contribution in [2.75, 3.05) is 20.1 Å². The molecule has 4 heterocycles. The van der Waals surface area contributed by atoms with E-state index in [2.05, 4.69) is 31.9 Å². The number of hydrogen-bond donors (Lipinski definition) is 0. The Labute approximate surface area is 141 Å². The van der Waals surface area contributed by atoms with Crippen LogP contribution in [0.1, 0.15) is 36.0 Å². The van der Waals surface area contributed by atoms with Gasteiger partial charge in [-0.2, -0.15) is 5.10 Å². The van der Waals surface area contributed by atoms with Gasteiger partial charge in [0.25, 0.3) is 5.91 Å². The van der Waals surface area contributed by atoms with Gasteiger partial charge in [-0.05, 0) is 51.4 Å². The van der Waals surface area contributed by atoms with Crippen LogP contribution in [-0.2, 0) is 0 Å². The minimum Gasteiger partial charge on any atom is -0.334 e. The van der Waals surface area contributed by atoms with Crippen LogP contribution in [0.4, 0.5) is 0 Å². The Morgan fingerprint density at radius 2 is 2.04 bits per heavy atom. The van der Waals surface area contributed by atoms with Crippen LogP contribution in [0.5, 0.6) is 0 Å². The zero-order valence-corrected chi connectivity index (χ0v) is 13.9. The van der Waals surface area contributed by atoms with Gasteiger partial charge in [-0.25, -0.2) is 14.6 Å². The van der Waals surface area contributed by atoms with Crippen molar-refractivity contribution in [1.29, 1.82) is 0 Å². The van der Waals surface area contributed by atoms with E-state index in [1.807, 2.05) is 0 Å². The molecule has 0 aliphatic carbocycles. The molecule has 4 rings (SSSR count). The smallest absolute Gasteiger partial charge is 0.254 e. The van der Waals surface area contributed by atoms with Crippen molar-refractivity contribution in [2.24, 2.45) is 0 Å². The number of nitrogens with zero attached hydrogens (tertiary/aromatic N) is 6. The molecule has 0 saturated carbocycles. The summed E-state index contributed by atoms with van der Waals surface area (Å²) in [5, 5.41) is 4.08. The van der Waals surface area contributed by atoms with E-state index in [0.717, 1.165) is 25.9 Å². The first kappa shape index (κ1) is 15.3. The molecule has 7 heteroatoms. The Bertz CT molecular complexity index is 716. The second-order valence-corrected chi connectivity index (χ2v) is 6.64. The summed E-state index contributed by atoms with van der Waals surface area (Å²) in [5.41, 5.74) is 0.669. The van der Waals surface area contributed by atoms with Gasteiger partial charge >= 0.3 is 0 Å². The van der Waals surface area contributed by atoms with Gasteiger partial charge in [0.2, 0.25) is 0 Å². The first-order chi connectivity index (χ1) is 11.7. The molecule has 2 unspecified atom stereocenters. The molecular weight excluding hydrogens is 304 g/mol. The number of likely N-dealkylation sites (N-methyl/N-ethyl adjacent to an activating group) is 1. The molecule has 0 aromatic carbocycles. The Balaban J connectivity index is 1.58. The second kappa shape index (κ2) is 6.32. The quantitative estimate of drug-likeness (QED) is 0.852. The molecule has 0 N–H and O–H groups in total. The number of pyridine rings is 1. The summed E-state index contributed by atoms with van der Waals surface area (Å²) >= 11 is 0. The van der Waals surface area contributed by atoms with E-state index in [-0.39, 0.29) is 5.91 Å². The molecule has 2 aliphatic heterocycles. The highest BCUT2D eigenvalue weighted by Crippen LogP contribution is 2.30. The molecule has 24 heavy (non-hydrogen) atoms. The summed E-state index contributed by atoms with van der Waals surface area (Å²) in [6, 6.07) is 4.41. The van der Waals surface area contributed by atoms with Gasteiger partial charge in [0.05, 0.1) is 0 Å². The molecule has 0 spiro atoms. The van der Waals surface area contributed by atoms with Crippen molar-refractivity contribution in [1.82, 2.24) is 29.5 Å². The minimum atomic E-state index is 0.0987. The summed E-state index contributed by atoms with van der Waals surface area (Å²) in [5.74, 6) is 0.716. The largest absolute Gasteiger partial charge is 0.334 e. The highest BCUT2D eigenvalue weighted by molar-refractivity contribution is 5.95. The van der Waals surface area contributed by atoms with E-state index >= 15 is 0 Å². The number of carbonyl (C=O) groups excluding carboxylic acids is 1. The maximum Gasteiger partial charge on any atom is 0.254 e. The highest BCUT2D eigenvalue weighted by Gasteiger charge is 2.38. The lowest BCUT2D eigenvalue weighted by Crippen LogP contribution is -2.47. The van der Waals surface area contributed by atoms with Gasteiger partial charge in [-0.15, -0.1) is 0 Å². The molecule has 2 fully saturated rings. The molecule has 0 radical (unpaired) electrons. The number of amides is 1. The first-order valence-corrected chi connectivity index (χ1v) is 8.56. The van der Waals surface area contributed by atoms with E-state index in [1.165, 1.54) is 19.2 Å². The molecule has 2 aliphatic rings. The second-order valence-electron chi connectivity index (χ2n) is 6.64. The number of hydrogen-bond acceptors (Lipinski definition) is 5. The molecule has 7 nitrogen and oxygen atoms in total. The number of likely N-dealkylation sites (tertiary alicyclic amines) is 2. The summed E-state index contributed by atoms with van der Waals surface area (Å²) in [6.45, 7) is 1.98. The number of aromatic nitrogens is 4. The normalized spacial score (nSPS) is 24.6. The Morgan fingerprint density at radius 1 is 1.21 bits per heavy atom. The molecule has 2 aromatic heterocycles. The van der Waals surface area contributed by atoms with Crippen LogP contribution in [0.3, 0.4) is 0 Å². The first-order valence-electron chi connectivity index (χ1n) is 8.56. The molecule has 126 valence electrons. The van der Waals surface area contributed by atoms with E-state index in [1.54, 1.807) is 29.3 Å². The average Bonchev–Trinajstić information content (AvgIpc) is 3.35. The van der Waals surface area contributed by atoms with Crippen molar-refractivity contribution >= 4 is 5.91 Å². The molecule has 0 bridgehead atoms. The fraction of sp³-hybridized carbons (Fsp3) is 0.529. The van der Waals surface area contributed by atoms with Crippen LogP contribution in [0.2, 0.25) is 0 Å². The van der Waals surface area contributed by atoms with Crippen molar-refractivity contribution in [3.63, 3.8) is 0 Å². The van der Waals surface area contributed by atoms with Gasteiger partial charge in [0.15, 0.2) is 5.82 Å². The lowest BCUT2D eigenvalue weighted by atomic mass is 10.0. The molecule has 2 aromatic rings. The monoisotopic (exact) mass is 326 g/mol. The summed E-state index contributed by atoms with van der Waals surface area (Å²) in [6.07, 6.45) is 9.31. The van der Waals surface area contributed by atoms with Gasteiger partial charge in [0, 0.05) is 30.4 Å². The maximum atomic E-state index is 13.1. The minimum absolute atomic E-state index is 0.0987. The third kappa shape index (κ3) is 2.69. The predicted molar refractivity (Wildman–Crippen MR) is 88.9 cm³/mol. The molecular formula is C17H22N6O. The Morgan fingerprint density at radius 3 is 2.79 bits per heavy atom. The van der Waals surface area contributed by atoms with Crippen LogP contribution in [0.15, 0.2) is 31.0 Å². The number of rotatable bonds is 3. The fourth-order valence-electron chi connectivity index (χ4n) is 4.04. The zero-order valence-electron chi connectivity index (χ0n) is 13.9. The van der Waals surface area contributed by atoms with Crippen LogP contribution in [0, 0.1) is 0 Å². The standard InChI is InChI=1S/C17H22N6O/c1-21-8-2-4-14(21)15-5-3-9-22(15)17(24)13-6-7-19-16(10-13)23-12-18-11-20-23/h6-7,10-12,14-15H,2-5,8-9H2,1H3. The Kier molecular flexibility index (Phi) is 4.02. The molecule has 1 amide bonds. The van der Waals surface area contributed by atoms with E-state index in [4.69, 9.17) is 0 Å². The van der Waals surface area contributed by atoms with Crippen molar-refractivity contribution < 1.29 is 4.79 Å². The van der Waals surface area contributed by atoms with E-state index < -0.39 is 0 Å². The van der Waals surface area contributed by atoms with Crippen LogP contribution >= 0.6 is 0 Å². The van der Waals surface area contributed by atoms with E-state index in [9.17, 15) is 4.79 Å². The predicted octanol–water partition coefficient (Wildman–Crippen LogP) is 1.36. The summed E-state index contributed by atoms with van der Waals surface area (Å²) in [7, 11) is 2.17. The van der Waals surface area contributed by atoms with Gasteiger partial charge in [-0.3, -0.25) is 4.79 Å². The average molecular weight is 326 g/mol. The number of carbonyl (C=O) groups is 1. The van der Waals surface area contributed by atoms with Gasteiger partial charge in [0.1, 0.15) is 12.7 Å². The topological polar surface area (TPSA) is 67.2 Å². The SMILES string of the molecule is CN1CCCC1C1CCCN1C(=O)c1ccnc(-n2cncn2)c1. The summed E-state index contributed by atoms with van der Waals surface area (Å²) < 4.78 is 1.57. The van der Waals surface area contributed by atoms with Crippen LogP contribution in [0.25, 0.3) is 5.82 Å². The third-order valence-corrected chi connectivity index (χ3v) is 5.23. The molecule has 2 saturated heterocycles. The van der Waals surface area contributed by atoms with Gasteiger partial charge in [-0.1, -0.05) is 0 Å². The van der Waals surface area contributed by atoms with Crippen molar-refractivity contribution in [3.8, 4) is 5.82 Å². The van der Waals surface area contributed by atoms with E-state index in [0.29, 0.717) is 23.5 Å². The van der Waals surface area contributed by atoms with Crippen molar-refractivity contribution in [2.45, 2.75) is 37.8 Å². The zero-order chi connectivity index (χ0) is 16.5. The third-order valence-electron chi connectivity index (χ3n) is 5.23. The molecule has 2 atom stereocenters.